The molecule has 2 aliphatic rings. The molecule has 0 aromatic heterocycles. The van der Waals surface area contributed by atoms with Gasteiger partial charge in [0.15, 0.2) is 0 Å². The Bertz CT molecular complexity index is 1010. The maximum Gasteiger partial charge on any atom is 0.402 e. The van der Waals surface area contributed by atoms with E-state index in [1.807, 2.05) is 0 Å². The van der Waals surface area contributed by atoms with Crippen LogP contribution in [0.2, 0.25) is 0 Å². The Hall–Kier alpha value is -3.05. The van der Waals surface area contributed by atoms with Gasteiger partial charge in [-0.05, 0) is 44.4 Å². The number of benzene rings is 1. The van der Waals surface area contributed by atoms with Crippen molar-refractivity contribution in [3.63, 3.8) is 0 Å². The van der Waals surface area contributed by atoms with E-state index in [9.17, 15) is 31.5 Å². The number of carbonyl (C=O) groups is 2. The van der Waals surface area contributed by atoms with Crippen LogP contribution in [-0.2, 0) is 16.1 Å². The summed E-state index contributed by atoms with van der Waals surface area (Å²) in [6.45, 7) is 1.78. The van der Waals surface area contributed by atoms with Crippen molar-refractivity contribution in [2.24, 2.45) is 5.41 Å². The molecule has 0 spiro atoms. The topological polar surface area (TPSA) is 106 Å². The Kier molecular flexibility index (Phi) is 6.99. The third kappa shape index (κ3) is 4.90. The van der Waals surface area contributed by atoms with Gasteiger partial charge in [-0.15, -0.1) is 0 Å². The lowest BCUT2D eigenvalue weighted by atomic mass is 9.86. The SMILES string of the molecule is CC(C)(C(=O)N[C@H]1CCCC[C@H]1N1Cc2ccc(C(=N)OC(=N)C(F)F)cc2C1=O)C(F)(F)F. The van der Waals surface area contributed by atoms with Gasteiger partial charge in [0.1, 0.15) is 5.41 Å². The number of halogens is 5. The van der Waals surface area contributed by atoms with Gasteiger partial charge in [0.25, 0.3) is 11.8 Å². The highest BCUT2D eigenvalue weighted by atomic mass is 19.4. The summed E-state index contributed by atoms with van der Waals surface area (Å²) in [5.74, 6) is -3.69. The van der Waals surface area contributed by atoms with Crippen LogP contribution in [0.1, 0.15) is 61.0 Å². The summed E-state index contributed by atoms with van der Waals surface area (Å²) in [7, 11) is 0. The van der Waals surface area contributed by atoms with E-state index < -0.39 is 53.7 Å². The van der Waals surface area contributed by atoms with Crippen LogP contribution < -0.4 is 5.32 Å². The van der Waals surface area contributed by atoms with Crippen LogP contribution in [0.5, 0.6) is 0 Å². The zero-order chi connectivity index (χ0) is 25.4. The average molecular weight is 488 g/mol. The van der Waals surface area contributed by atoms with E-state index >= 15 is 0 Å². The number of rotatable bonds is 5. The molecule has 7 nitrogen and oxygen atoms in total. The summed E-state index contributed by atoms with van der Waals surface area (Å²) in [5, 5.41) is 17.3. The van der Waals surface area contributed by atoms with Crippen LogP contribution in [-0.4, -0.2) is 53.2 Å². The molecule has 0 radical (unpaired) electrons. The van der Waals surface area contributed by atoms with Gasteiger partial charge in [0.2, 0.25) is 11.8 Å². The van der Waals surface area contributed by atoms with Gasteiger partial charge in [0, 0.05) is 23.7 Å². The molecule has 1 heterocycles. The summed E-state index contributed by atoms with van der Waals surface area (Å²) in [4.78, 5) is 27.1. The molecule has 2 amide bonds. The fraction of sp³-hybridized carbons (Fsp3) is 0.545. The fourth-order valence-corrected chi connectivity index (χ4v) is 4.08. The summed E-state index contributed by atoms with van der Waals surface area (Å²) in [5.41, 5.74) is -1.76. The predicted octanol–water partition coefficient (Wildman–Crippen LogP) is 4.24. The molecular weight excluding hydrogens is 463 g/mol. The highest BCUT2D eigenvalue weighted by Crippen LogP contribution is 2.38. The Balaban J connectivity index is 1.78. The third-order valence-corrected chi connectivity index (χ3v) is 6.34. The van der Waals surface area contributed by atoms with E-state index in [1.165, 1.54) is 23.1 Å². The number of nitrogens with one attached hydrogen (secondary N) is 3. The Labute approximate surface area is 192 Å². The van der Waals surface area contributed by atoms with Crippen LogP contribution in [0.3, 0.4) is 0 Å². The van der Waals surface area contributed by atoms with Crippen molar-refractivity contribution >= 4 is 23.6 Å². The second-order valence-electron chi connectivity index (χ2n) is 8.96. The number of alkyl halides is 5. The van der Waals surface area contributed by atoms with Gasteiger partial charge in [-0.25, -0.2) is 0 Å². The quantitative estimate of drug-likeness (QED) is 0.328. The molecule has 0 unspecified atom stereocenters. The number of hydrogen-bond acceptors (Lipinski definition) is 5. The summed E-state index contributed by atoms with van der Waals surface area (Å²) in [6, 6.07) is 3.07. The molecule has 1 fully saturated rings. The van der Waals surface area contributed by atoms with Crippen molar-refractivity contribution in [2.75, 3.05) is 0 Å². The van der Waals surface area contributed by atoms with Crippen LogP contribution in [0.25, 0.3) is 0 Å². The smallest absolute Gasteiger partial charge is 0.402 e. The minimum Gasteiger partial charge on any atom is -0.419 e. The molecule has 1 aliphatic carbocycles. The van der Waals surface area contributed by atoms with Gasteiger partial charge >= 0.3 is 12.6 Å². The van der Waals surface area contributed by atoms with Gasteiger partial charge in [0.05, 0.1) is 6.04 Å². The van der Waals surface area contributed by atoms with Crippen molar-refractivity contribution in [1.82, 2.24) is 10.2 Å². The summed E-state index contributed by atoms with van der Waals surface area (Å²) in [6.07, 6.45) is -5.58. The minimum atomic E-state index is -4.73. The molecule has 34 heavy (non-hydrogen) atoms. The highest BCUT2D eigenvalue weighted by Gasteiger charge is 2.53. The number of carbonyl (C=O) groups excluding carboxylic acids is 2. The van der Waals surface area contributed by atoms with Crippen molar-refractivity contribution in [3.05, 3.63) is 34.9 Å². The van der Waals surface area contributed by atoms with Crippen LogP contribution in [0, 0.1) is 16.2 Å². The van der Waals surface area contributed by atoms with Crippen molar-refractivity contribution in [2.45, 2.75) is 70.8 Å². The number of hydrogen-bond donors (Lipinski definition) is 3. The summed E-state index contributed by atoms with van der Waals surface area (Å²) >= 11 is 0. The molecule has 1 aromatic rings. The first-order valence-electron chi connectivity index (χ1n) is 10.7. The van der Waals surface area contributed by atoms with E-state index in [-0.39, 0.29) is 17.7 Å². The monoisotopic (exact) mass is 488 g/mol. The van der Waals surface area contributed by atoms with E-state index in [4.69, 9.17) is 10.8 Å². The van der Waals surface area contributed by atoms with Gasteiger partial charge < -0.3 is 15.0 Å². The standard InChI is InChI=1S/C22H25F5N4O3/c1-21(2,22(25,26)27)20(33)30-14-5-3-4-6-15(14)31-10-12-8-7-11(9-13(12)19(31)32)17(28)34-18(29)16(23)24/h7-9,14-16,28-29H,3-6,10H2,1-2H3,(H,30,33)/t14-,15+/m0/s1. The van der Waals surface area contributed by atoms with E-state index in [2.05, 4.69) is 10.1 Å². The van der Waals surface area contributed by atoms with Crippen LogP contribution in [0.15, 0.2) is 18.2 Å². The van der Waals surface area contributed by atoms with Crippen LogP contribution in [0.4, 0.5) is 22.0 Å². The lowest BCUT2D eigenvalue weighted by Gasteiger charge is -2.39. The van der Waals surface area contributed by atoms with Gasteiger partial charge in [-0.2, -0.15) is 22.0 Å². The van der Waals surface area contributed by atoms with Crippen LogP contribution >= 0.6 is 0 Å². The zero-order valence-electron chi connectivity index (χ0n) is 18.6. The fourth-order valence-electron chi connectivity index (χ4n) is 4.08. The maximum atomic E-state index is 13.3. The first-order valence-corrected chi connectivity index (χ1v) is 10.7. The number of amides is 2. The molecule has 1 saturated carbocycles. The van der Waals surface area contributed by atoms with Crippen molar-refractivity contribution in [3.8, 4) is 0 Å². The van der Waals surface area contributed by atoms with E-state index in [1.54, 1.807) is 0 Å². The first-order chi connectivity index (χ1) is 15.7. The molecule has 3 rings (SSSR count). The molecule has 186 valence electrons. The van der Waals surface area contributed by atoms with E-state index in [0.717, 1.165) is 20.3 Å². The van der Waals surface area contributed by atoms with E-state index in [0.29, 0.717) is 24.8 Å². The number of nitrogens with zero attached hydrogens (tertiary/aromatic N) is 1. The zero-order valence-corrected chi connectivity index (χ0v) is 18.6. The highest BCUT2D eigenvalue weighted by molar-refractivity contribution is 6.04. The lowest BCUT2D eigenvalue weighted by Crippen LogP contribution is -2.57. The Morgan fingerprint density at radius 2 is 1.82 bits per heavy atom. The summed E-state index contributed by atoms with van der Waals surface area (Å²) < 4.78 is 69.4. The molecule has 0 bridgehead atoms. The Morgan fingerprint density at radius 1 is 1.18 bits per heavy atom. The lowest BCUT2D eigenvalue weighted by molar-refractivity contribution is -0.212. The molecule has 2 atom stereocenters. The van der Waals surface area contributed by atoms with Crippen molar-refractivity contribution in [1.29, 1.82) is 10.8 Å². The molecule has 1 aliphatic heterocycles. The first kappa shape index (κ1) is 25.6. The second-order valence-corrected chi connectivity index (χ2v) is 8.96. The average Bonchev–Trinajstić information content (AvgIpc) is 3.08. The largest absolute Gasteiger partial charge is 0.419 e. The minimum absolute atomic E-state index is 0.0276. The van der Waals surface area contributed by atoms with Crippen molar-refractivity contribution < 1.29 is 36.3 Å². The predicted molar refractivity (Wildman–Crippen MR) is 112 cm³/mol. The molecular formula is C22H25F5N4O3. The number of fused-ring (bicyclic) bond motifs is 1. The maximum absolute atomic E-state index is 13.3. The molecule has 0 saturated heterocycles. The third-order valence-electron chi connectivity index (χ3n) is 6.34. The van der Waals surface area contributed by atoms with Gasteiger partial charge in [-0.1, -0.05) is 18.9 Å². The van der Waals surface area contributed by atoms with Gasteiger partial charge in [-0.3, -0.25) is 20.4 Å². The number of ether oxygens (including phenoxy) is 1. The molecule has 3 N–H and O–H groups in total. The second kappa shape index (κ2) is 9.30. The molecule has 12 heteroatoms. The molecule has 1 aromatic carbocycles. The Morgan fingerprint density at radius 3 is 2.44 bits per heavy atom. The normalized spacial score (nSPS) is 20.8.